The third kappa shape index (κ3) is 2.96. The van der Waals surface area contributed by atoms with Crippen LogP contribution in [0.15, 0.2) is 24.3 Å². The van der Waals surface area contributed by atoms with Crippen molar-refractivity contribution in [2.24, 2.45) is 11.7 Å². The summed E-state index contributed by atoms with van der Waals surface area (Å²) in [5.74, 6) is 0.0219. The van der Waals surface area contributed by atoms with Gasteiger partial charge in [-0.05, 0) is 43.2 Å². The molecule has 2 atom stereocenters. The number of benzene rings is 1. The highest BCUT2D eigenvalue weighted by molar-refractivity contribution is 5.79. The first-order chi connectivity index (χ1) is 9.58. The third-order valence-electron chi connectivity index (χ3n) is 4.35. The molecule has 4 heteroatoms. The van der Waals surface area contributed by atoms with Crippen LogP contribution in [0.25, 0.3) is 0 Å². The van der Waals surface area contributed by atoms with Crippen molar-refractivity contribution in [2.45, 2.75) is 44.6 Å². The second kappa shape index (κ2) is 6.27. The first-order valence-corrected chi connectivity index (χ1v) is 7.31. The summed E-state index contributed by atoms with van der Waals surface area (Å²) in [4.78, 5) is 11.3. The van der Waals surface area contributed by atoms with Gasteiger partial charge < -0.3 is 15.6 Å². The van der Waals surface area contributed by atoms with Crippen LogP contribution in [0.2, 0.25) is 0 Å². The van der Waals surface area contributed by atoms with Crippen molar-refractivity contribution >= 4 is 5.97 Å². The minimum Gasteiger partial charge on any atom is -0.493 e. The molecule has 4 nitrogen and oxygen atoms in total. The van der Waals surface area contributed by atoms with E-state index in [1.54, 1.807) is 0 Å². The van der Waals surface area contributed by atoms with Gasteiger partial charge in [-0.2, -0.15) is 0 Å². The van der Waals surface area contributed by atoms with Gasteiger partial charge >= 0.3 is 5.97 Å². The summed E-state index contributed by atoms with van der Waals surface area (Å²) in [6.07, 6.45) is 3.95. The molecule has 0 amide bonds. The molecule has 0 heterocycles. The molecule has 1 aromatic carbocycles. The number of aryl methyl sites for hydroxylation is 1. The molecular weight excluding hydrogens is 254 g/mol. The predicted molar refractivity (Wildman–Crippen MR) is 77.8 cm³/mol. The van der Waals surface area contributed by atoms with Crippen molar-refractivity contribution in [1.29, 1.82) is 0 Å². The van der Waals surface area contributed by atoms with Crippen molar-refractivity contribution in [3.8, 4) is 5.75 Å². The second-order valence-electron chi connectivity index (χ2n) is 5.53. The molecule has 0 radical (unpaired) electrons. The van der Waals surface area contributed by atoms with Gasteiger partial charge in [0.25, 0.3) is 0 Å². The van der Waals surface area contributed by atoms with Gasteiger partial charge in [0.1, 0.15) is 11.3 Å². The van der Waals surface area contributed by atoms with Gasteiger partial charge in [0.15, 0.2) is 0 Å². The zero-order valence-corrected chi connectivity index (χ0v) is 12.0. The maximum Gasteiger partial charge on any atom is 0.323 e. The lowest BCUT2D eigenvalue weighted by Crippen LogP contribution is -2.51. The molecule has 1 fully saturated rings. The number of para-hydroxylation sites is 1. The monoisotopic (exact) mass is 277 g/mol. The van der Waals surface area contributed by atoms with Crippen LogP contribution in [0.5, 0.6) is 5.75 Å². The van der Waals surface area contributed by atoms with E-state index in [1.807, 2.05) is 18.2 Å². The van der Waals surface area contributed by atoms with Crippen molar-refractivity contribution in [3.63, 3.8) is 0 Å². The maximum absolute atomic E-state index is 11.3. The van der Waals surface area contributed by atoms with Crippen LogP contribution in [-0.4, -0.2) is 23.2 Å². The molecule has 20 heavy (non-hydrogen) atoms. The number of aliphatic carboxylic acids is 1. The Morgan fingerprint density at radius 2 is 2.25 bits per heavy atom. The first kappa shape index (κ1) is 14.9. The van der Waals surface area contributed by atoms with Crippen molar-refractivity contribution in [2.75, 3.05) is 6.61 Å². The average molecular weight is 277 g/mol. The summed E-state index contributed by atoms with van der Waals surface area (Å²) in [7, 11) is 0. The Bertz CT molecular complexity index is 475. The second-order valence-corrected chi connectivity index (χ2v) is 5.53. The van der Waals surface area contributed by atoms with Gasteiger partial charge in [0.05, 0.1) is 6.61 Å². The molecule has 0 spiro atoms. The average Bonchev–Trinajstić information content (AvgIpc) is 2.82. The summed E-state index contributed by atoms with van der Waals surface area (Å²) < 4.78 is 5.81. The number of carbonyl (C=O) groups is 1. The van der Waals surface area contributed by atoms with E-state index in [0.29, 0.717) is 19.4 Å². The molecule has 110 valence electrons. The largest absolute Gasteiger partial charge is 0.493 e. The molecule has 1 aromatic rings. The minimum atomic E-state index is -1.06. The molecule has 0 saturated heterocycles. The predicted octanol–water partition coefficient (Wildman–Crippen LogP) is 2.60. The molecule has 1 aliphatic carbocycles. The normalized spacial score (nSPS) is 25.6. The van der Waals surface area contributed by atoms with E-state index in [9.17, 15) is 9.90 Å². The van der Waals surface area contributed by atoms with E-state index in [-0.39, 0.29) is 5.92 Å². The molecule has 0 aliphatic heterocycles. The van der Waals surface area contributed by atoms with Crippen molar-refractivity contribution in [3.05, 3.63) is 29.8 Å². The fourth-order valence-corrected chi connectivity index (χ4v) is 3.03. The Labute approximate surface area is 119 Å². The number of hydrogen-bond acceptors (Lipinski definition) is 3. The van der Waals surface area contributed by atoms with E-state index >= 15 is 0 Å². The lowest BCUT2D eigenvalue weighted by molar-refractivity contribution is -0.144. The zero-order valence-electron chi connectivity index (χ0n) is 12.0. The molecule has 3 N–H and O–H groups in total. The van der Waals surface area contributed by atoms with E-state index in [4.69, 9.17) is 10.5 Å². The lowest BCUT2D eigenvalue weighted by atomic mass is 9.86. The van der Waals surface area contributed by atoms with E-state index in [1.165, 1.54) is 5.56 Å². The van der Waals surface area contributed by atoms with Crippen molar-refractivity contribution in [1.82, 2.24) is 0 Å². The Kier molecular flexibility index (Phi) is 4.65. The molecule has 2 unspecified atom stereocenters. The summed E-state index contributed by atoms with van der Waals surface area (Å²) in [5, 5.41) is 9.28. The number of carboxylic acid groups (broad SMARTS) is 1. The van der Waals surface area contributed by atoms with Gasteiger partial charge in [-0.1, -0.05) is 31.5 Å². The zero-order chi connectivity index (χ0) is 14.6. The van der Waals surface area contributed by atoms with Gasteiger partial charge in [0, 0.05) is 0 Å². The highest BCUT2D eigenvalue weighted by atomic mass is 16.5. The van der Waals surface area contributed by atoms with E-state index in [0.717, 1.165) is 25.0 Å². The standard InChI is InChI=1S/C16H23NO3/c1-2-12-6-3-4-8-14(12)20-11-9-13-7-5-10-16(13,17)15(18)19/h3-4,6,8,13H,2,5,7,9-11,17H2,1H3,(H,18,19). The number of nitrogens with two attached hydrogens (primary N) is 1. The van der Waals surface area contributed by atoms with Gasteiger partial charge in [0.2, 0.25) is 0 Å². The van der Waals surface area contributed by atoms with Crippen molar-refractivity contribution < 1.29 is 14.6 Å². The summed E-state index contributed by atoms with van der Waals surface area (Å²) >= 11 is 0. The quantitative estimate of drug-likeness (QED) is 0.838. The highest BCUT2D eigenvalue weighted by Gasteiger charge is 2.45. The van der Waals surface area contributed by atoms with Crippen LogP contribution in [-0.2, 0) is 11.2 Å². The minimum absolute atomic E-state index is 0.00814. The van der Waals surface area contributed by atoms with Gasteiger partial charge in [-0.15, -0.1) is 0 Å². The topological polar surface area (TPSA) is 72.5 Å². The lowest BCUT2D eigenvalue weighted by Gasteiger charge is -2.26. The highest BCUT2D eigenvalue weighted by Crippen LogP contribution is 2.36. The fourth-order valence-electron chi connectivity index (χ4n) is 3.03. The Morgan fingerprint density at radius 3 is 2.95 bits per heavy atom. The van der Waals surface area contributed by atoms with Crippen LogP contribution < -0.4 is 10.5 Å². The Balaban J connectivity index is 1.91. The molecule has 0 bridgehead atoms. The Hall–Kier alpha value is -1.55. The van der Waals surface area contributed by atoms with Gasteiger partial charge in [-0.3, -0.25) is 4.79 Å². The van der Waals surface area contributed by atoms with Crippen LogP contribution in [0, 0.1) is 5.92 Å². The third-order valence-corrected chi connectivity index (χ3v) is 4.35. The van der Waals surface area contributed by atoms with Crippen LogP contribution in [0.1, 0.15) is 38.2 Å². The fraction of sp³-hybridized carbons (Fsp3) is 0.562. The van der Waals surface area contributed by atoms with Crippen LogP contribution in [0.4, 0.5) is 0 Å². The van der Waals surface area contributed by atoms with Gasteiger partial charge in [-0.25, -0.2) is 0 Å². The number of ether oxygens (including phenoxy) is 1. The van der Waals surface area contributed by atoms with Crippen LogP contribution >= 0.6 is 0 Å². The van der Waals surface area contributed by atoms with E-state index < -0.39 is 11.5 Å². The summed E-state index contributed by atoms with van der Waals surface area (Å²) in [6.45, 7) is 2.61. The molecule has 2 rings (SSSR count). The molecular formula is C16H23NO3. The number of hydrogen-bond donors (Lipinski definition) is 2. The van der Waals surface area contributed by atoms with Crippen LogP contribution in [0.3, 0.4) is 0 Å². The molecule has 1 saturated carbocycles. The van der Waals surface area contributed by atoms with E-state index in [2.05, 4.69) is 13.0 Å². The summed E-state index contributed by atoms with van der Waals surface area (Å²) in [6, 6.07) is 7.96. The Morgan fingerprint density at radius 1 is 1.50 bits per heavy atom. The maximum atomic E-state index is 11.3. The smallest absolute Gasteiger partial charge is 0.323 e. The molecule has 1 aliphatic rings. The SMILES string of the molecule is CCc1ccccc1OCCC1CCCC1(N)C(=O)O. The molecule has 0 aromatic heterocycles. The summed E-state index contributed by atoms with van der Waals surface area (Å²) in [5.41, 5.74) is 6.14. The first-order valence-electron chi connectivity index (χ1n) is 7.31. The number of carboxylic acids is 1. The number of rotatable bonds is 6.